The number of aryl methyl sites for hydroxylation is 1. The van der Waals surface area contributed by atoms with E-state index >= 15 is 0 Å². The van der Waals surface area contributed by atoms with Crippen LogP contribution in [0.2, 0.25) is 0 Å². The molecule has 0 atom stereocenters. The van der Waals surface area contributed by atoms with Crippen LogP contribution in [0.25, 0.3) is 10.6 Å². The molecule has 0 bridgehead atoms. The van der Waals surface area contributed by atoms with Gasteiger partial charge in [-0.2, -0.15) is 18.3 Å². The summed E-state index contributed by atoms with van der Waals surface area (Å²) < 4.78 is 64.0. The zero-order chi connectivity index (χ0) is 16.0. The van der Waals surface area contributed by atoms with E-state index in [1.165, 1.54) is 33.3 Å². The molecular formula is C11H12F3N3O2S2. The van der Waals surface area contributed by atoms with Crippen molar-refractivity contribution in [1.29, 1.82) is 0 Å². The van der Waals surface area contributed by atoms with Gasteiger partial charge in [0.25, 0.3) is 10.0 Å². The molecule has 0 N–H and O–H groups in total. The Labute approximate surface area is 123 Å². The number of hydrogen-bond donors (Lipinski definition) is 0. The fourth-order valence-electron chi connectivity index (χ4n) is 1.61. The number of aromatic nitrogens is 2. The zero-order valence-electron chi connectivity index (χ0n) is 11.3. The van der Waals surface area contributed by atoms with Gasteiger partial charge in [0.1, 0.15) is 4.21 Å². The lowest BCUT2D eigenvalue weighted by atomic mass is 10.3. The van der Waals surface area contributed by atoms with Crippen molar-refractivity contribution in [3.63, 3.8) is 0 Å². The summed E-state index contributed by atoms with van der Waals surface area (Å²) in [5.74, 6) is 0. The number of alkyl halides is 3. The average Bonchev–Trinajstić information content (AvgIpc) is 2.93. The van der Waals surface area contributed by atoms with E-state index in [-0.39, 0.29) is 9.90 Å². The van der Waals surface area contributed by atoms with Crippen LogP contribution in [0.5, 0.6) is 0 Å². The summed E-state index contributed by atoms with van der Waals surface area (Å²) in [4.78, 5) is 0.404. The summed E-state index contributed by atoms with van der Waals surface area (Å²) >= 11 is 0.902. The second-order valence-electron chi connectivity index (χ2n) is 4.44. The molecule has 5 nitrogen and oxygen atoms in total. The smallest absolute Gasteiger partial charge is 0.267 e. The summed E-state index contributed by atoms with van der Waals surface area (Å²) in [6.07, 6.45) is -4.54. The zero-order valence-corrected chi connectivity index (χ0v) is 13.0. The normalized spacial score (nSPS) is 13.1. The highest BCUT2D eigenvalue weighted by atomic mass is 32.2. The van der Waals surface area contributed by atoms with Crippen LogP contribution >= 0.6 is 11.3 Å². The molecule has 0 aliphatic heterocycles. The Kier molecular flexibility index (Phi) is 3.89. The number of hydrogen-bond acceptors (Lipinski definition) is 4. The fraction of sp³-hybridized carbons (Fsp3) is 0.364. The standard InChI is InChI=1S/C11H12F3N3O2S2/c1-16(2)21(18,19)10-5-4-8(20-10)7-6-9(11(12,13)14)15-17(7)3/h4-6H,1-3H3. The largest absolute Gasteiger partial charge is 0.435 e. The SMILES string of the molecule is CN(C)S(=O)(=O)c1ccc(-c2cc(C(F)(F)F)nn2C)s1. The molecule has 0 saturated carbocycles. The lowest BCUT2D eigenvalue weighted by Gasteiger charge is -2.08. The highest BCUT2D eigenvalue weighted by Gasteiger charge is 2.35. The first-order valence-corrected chi connectivity index (χ1v) is 7.93. The van der Waals surface area contributed by atoms with Gasteiger partial charge in [0.15, 0.2) is 5.69 Å². The van der Waals surface area contributed by atoms with Crippen molar-refractivity contribution in [2.75, 3.05) is 14.1 Å². The van der Waals surface area contributed by atoms with Gasteiger partial charge < -0.3 is 0 Å². The van der Waals surface area contributed by atoms with Crippen molar-refractivity contribution in [3.8, 4) is 10.6 Å². The van der Waals surface area contributed by atoms with Gasteiger partial charge in [0.05, 0.1) is 10.6 Å². The van der Waals surface area contributed by atoms with Gasteiger partial charge in [0.2, 0.25) is 0 Å². The van der Waals surface area contributed by atoms with E-state index < -0.39 is 21.9 Å². The third kappa shape index (κ3) is 2.97. The van der Waals surface area contributed by atoms with Gasteiger partial charge in [0, 0.05) is 21.1 Å². The minimum absolute atomic E-state index is 0.0669. The number of sulfonamides is 1. The number of halogens is 3. The Bertz CT molecular complexity index is 760. The maximum atomic E-state index is 12.6. The Morgan fingerprint density at radius 3 is 2.38 bits per heavy atom. The van der Waals surface area contributed by atoms with Crippen LogP contribution in [0, 0.1) is 0 Å². The molecule has 116 valence electrons. The Hall–Kier alpha value is -1.39. The Balaban J connectivity index is 2.46. The second-order valence-corrected chi connectivity index (χ2v) is 7.90. The number of nitrogens with zero attached hydrogens (tertiary/aromatic N) is 3. The first-order chi connectivity index (χ1) is 9.53. The molecule has 2 rings (SSSR count). The Morgan fingerprint density at radius 1 is 1.29 bits per heavy atom. The molecule has 0 amide bonds. The molecule has 0 spiro atoms. The lowest BCUT2D eigenvalue weighted by Crippen LogP contribution is -2.21. The molecule has 0 aromatic carbocycles. The lowest BCUT2D eigenvalue weighted by molar-refractivity contribution is -0.141. The van der Waals surface area contributed by atoms with Crippen molar-refractivity contribution in [2.45, 2.75) is 10.4 Å². The van der Waals surface area contributed by atoms with Crippen LogP contribution in [-0.2, 0) is 23.2 Å². The predicted molar refractivity (Wildman–Crippen MR) is 72.4 cm³/mol. The third-order valence-electron chi connectivity index (χ3n) is 2.74. The summed E-state index contributed by atoms with van der Waals surface area (Å²) in [7, 11) is 0.560. The number of thiophene rings is 1. The minimum atomic E-state index is -4.54. The van der Waals surface area contributed by atoms with Crippen molar-refractivity contribution in [2.24, 2.45) is 7.05 Å². The topological polar surface area (TPSA) is 55.2 Å². The number of rotatable bonds is 3. The third-order valence-corrected chi connectivity index (χ3v) is 6.13. The van der Waals surface area contributed by atoms with Crippen LogP contribution in [0.1, 0.15) is 5.69 Å². The molecule has 21 heavy (non-hydrogen) atoms. The average molecular weight is 339 g/mol. The predicted octanol–water partition coefficient (Wildman–Crippen LogP) is 2.42. The van der Waals surface area contributed by atoms with Crippen molar-refractivity contribution in [3.05, 3.63) is 23.9 Å². The Morgan fingerprint density at radius 2 is 1.90 bits per heavy atom. The molecule has 0 fully saturated rings. The first-order valence-electron chi connectivity index (χ1n) is 5.67. The first kappa shape index (κ1) is 16.0. The van der Waals surface area contributed by atoms with E-state index in [2.05, 4.69) is 5.10 Å². The molecule has 10 heteroatoms. The van der Waals surface area contributed by atoms with Crippen LogP contribution in [0.3, 0.4) is 0 Å². The molecule has 0 aliphatic carbocycles. The van der Waals surface area contributed by atoms with Gasteiger partial charge in [-0.1, -0.05) is 0 Å². The van der Waals surface area contributed by atoms with Crippen LogP contribution in [0.4, 0.5) is 13.2 Å². The van der Waals surface area contributed by atoms with Gasteiger partial charge in [-0.15, -0.1) is 11.3 Å². The van der Waals surface area contributed by atoms with Crippen molar-refractivity contribution < 1.29 is 21.6 Å². The van der Waals surface area contributed by atoms with Crippen molar-refractivity contribution in [1.82, 2.24) is 14.1 Å². The highest BCUT2D eigenvalue weighted by Crippen LogP contribution is 2.35. The minimum Gasteiger partial charge on any atom is -0.267 e. The van der Waals surface area contributed by atoms with Gasteiger partial charge in [-0.25, -0.2) is 12.7 Å². The molecule has 0 radical (unpaired) electrons. The van der Waals surface area contributed by atoms with E-state index in [1.807, 2.05) is 0 Å². The quantitative estimate of drug-likeness (QED) is 0.863. The molecule has 2 heterocycles. The molecular weight excluding hydrogens is 327 g/mol. The molecule has 2 aromatic heterocycles. The van der Waals surface area contributed by atoms with E-state index in [0.717, 1.165) is 26.4 Å². The fourth-order valence-corrected chi connectivity index (χ4v) is 4.13. The van der Waals surface area contributed by atoms with E-state index in [1.54, 1.807) is 0 Å². The summed E-state index contributed by atoms with van der Waals surface area (Å²) in [5, 5.41) is 3.40. The van der Waals surface area contributed by atoms with Crippen LogP contribution in [0.15, 0.2) is 22.4 Å². The summed E-state index contributed by atoms with van der Waals surface area (Å²) in [5.41, 5.74) is -0.794. The molecule has 0 unspecified atom stereocenters. The molecule has 0 aliphatic rings. The van der Waals surface area contributed by atoms with Gasteiger partial charge in [-0.3, -0.25) is 4.68 Å². The monoisotopic (exact) mass is 339 g/mol. The maximum absolute atomic E-state index is 12.6. The molecule has 0 saturated heterocycles. The van der Waals surface area contributed by atoms with Crippen LogP contribution in [-0.4, -0.2) is 36.6 Å². The molecule has 2 aromatic rings. The summed E-state index contributed by atoms with van der Waals surface area (Å²) in [6.45, 7) is 0. The van der Waals surface area contributed by atoms with E-state index in [4.69, 9.17) is 0 Å². The van der Waals surface area contributed by atoms with E-state index in [0.29, 0.717) is 4.88 Å². The van der Waals surface area contributed by atoms with Gasteiger partial charge >= 0.3 is 6.18 Å². The van der Waals surface area contributed by atoms with Crippen molar-refractivity contribution >= 4 is 21.4 Å². The van der Waals surface area contributed by atoms with Gasteiger partial charge in [-0.05, 0) is 18.2 Å². The highest BCUT2D eigenvalue weighted by molar-refractivity contribution is 7.91. The summed E-state index contributed by atoms with van der Waals surface area (Å²) in [6, 6.07) is 3.74. The second kappa shape index (κ2) is 5.11. The van der Waals surface area contributed by atoms with E-state index in [9.17, 15) is 21.6 Å². The maximum Gasteiger partial charge on any atom is 0.435 e. The van der Waals surface area contributed by atoms with Crippen LogP contribution < -0.4 is 0 Å².